The molecule has 12 nitrogen and oxygen atoms in total. The molecule has 0 aromatic rings. The molecule has 1 unspecified atom stereocenters. The zero-order valence-corrected chi connectivity index (χ0v) is 19.9. The first kappa shape index (κ1) is 29.3. The second kappa shape index (κ2) is 14.5. The van der Waals surface area contributed by atoms with E-state index in [9.17, 15) is 34.2 Å². The number of amides is 4. The molecule has 0 aromatic carbocycles. The molecule has 1 aliphatic rings. The summed E-state index contributed by atoms with van der Waals surface area (Å²) in [4.78, 5) is 60.7. The number of nitrogens with one attached hydrogen (secondary N) is 3. The number of aliphatic carboxylic acids is 1. The molecule has 4 atom stereocenters. The Morgan fingerprint density at radius 1 is 0.882 bits per heavy atom. The van der Waals surface area contributed by atoms with Gasteiger partial charge in [0.2, 0.25) is 23.6 Å². The van der Waals surface area contributed by atoms with Crippen LogP contribution in [0.15, 0.2) is 0 Å². The molecular weight excluding hydrogens is 446 g/mol. The summed E-state index contributed by atoms with van der Waals surface area (Å²) < 4.78 is 0. The van der Waals surface area contributed by atoms with Crippen LogP contribution in [0.5, 0.6) is 0 Å². The molecule has 34 heavy (non-hydrogen) atoms. The summed E-state index contributed by atoms with van der Waals surface area (Å²) in [5.74, 6) is -4.22. The summed E-state index contributed by atoms with van der Waals surface area (Å²) in [5.41, 5.74) is 11.3. The van der Waals surface area contributed by atoms with Crippen molar-refractivity contribution in [2.45, 2.75) is 89.4 Å². The van der Waals surface area contributed by atoms with E-state index in [1.807, 2.05) is 0 Å². The van der Waals surface area contributed by atoms with Gasteiger partial charge in [-0.3, -0.25) is 19.2 Å². The van der Waals surface area contributed by atoms with E-state index in [2.05, 4.69) is 16.0 Å². The van der Waals surface area contributed by atoms with Gasteiger partial charge in [-0.1, -0.05) is 33.1 Å². The molecule has 0 heterocycles. The van der Waals surface area contributed by atoms with Gasteiger partial charge >= 0.3 is 5.97 Å². The summed E-state index contributed by atoms with van der Waals surface area (Å²) in [6, 6.07) is -4.70. The van der Waals surface area contributed by atoms with Crippen molar-refractivity contribution in [1.82, 2.24) is 16.0 Å². The Hall–Kier alpha value is -2.73. The first-order chi connectivity index (χ1) is 16.0. The van der Waals surface area contributed by atoms with Crippen LogP contribution < -0.4 is 27.4 Å². The van der Waals surface area contributed by atoms with Crippen molar-refractivity contribution < 1.29 is 34.2 Å². The molecule has 4 amide bonds. The van der Waals surface area contributed by atoms with Gasteiger partial charge in [-0.15, -0.1) is 0 Å². The van der Waals surface area contributed by atoms with Crippen molar-refractivity contribution >= 4 is 29.6 Å². The Labute approximate surface area is 199 Å². The van der Waals surface area contributed by atoms with Gasteiger partial charge in [0.1, 0.15) is 18.1 Å². The Bertz CT molecular complexity index is 724. The fraction of sp³-hybridized carbons (Fsp3) is 0.773. The Morgan fingerprint density at radius 3 is 1.91 bits per heavy atom. The molecule has 0 spiro atoms. The number of rotatable bonds is 14. The maximum atomic E-state index is 12.8. The van der Waals surface area contributed by atoms with Gasteiger partial charge in [0.15, 0.2) is 0 Å². The SMILES string of the molecule is CC(C)C[C@H](NC(=O)[C@H](CO)NC(=O)[C@H](CCC(N)=O)NC(=O)C(N)C1CCCCC1)C(=O)O. The van der Waals surface area contributed by atoms with Gasteiger partial charge in [0.25, 0.3) is 0 Å². The number of hydrogen-bond acceptors (Lipinski definition) is 7. The van der Waals surface area contributed by atoms with Gasteiger partial charge in [-0.05, 0) is 37.5 Å². The first-order valence-electron chi connectivity index (χ1n) is 11.7. The number of carbonyl (C=O) groups excluding carboxylic acids is 4. The Balaban J connectivity index is 2.85. The van der Waals surface area contributed by atoms with Crippen LogP contribution in [-0.4, -0.2) is 70.6 Å². The number of primary amides is 1. The molecule has 0 bridgehead atoms. The Morgan fingerprint density at radius 2 is 1.41 bits per heavy atom. The zero-order chi connectivity index (χ0) is 25.8. The maximum Gasteiger partial charge on any atom is 0.326 e. The predicted octanol–water partition coefficient (Wildman–Crippen LogP) is -1.26. The minimum atomic E-state index is -1.46. The average Bonchev–Trinajstić information content (AvgIpc) is 2.78. The topological polar surface area (TPSA) is 214 Å². The lowest BCUT2D eigenvalue weighted by Gasteiger charge is -2.28. The summed E-state index contributed by atoms with van der Waals surface area (Å²) in [5, 5.41) is 26.1. The molecule has 0 aromatic heterocycles. The van der Waals surface area contributed by atoms with E-state index < -0.39 is 60.4 Å². The fourth-order valence-corrected chi connectivity index (χ4v) is 3.96. The lowest BCUT2D eigenvalue weighted by molar-refractivity contribution is -0.143. The number of aliphatic hydroxyl groups excluding tert-OH is 1. The molecule has 1 rings (SSSR count). The average molecular weight is 486 g/mol. The van der Waals surface area contributed by atoms with Gasteiger partial charge in [-0.2, -0.15) is 0 Å². The molecule has 0 radical (unpaired) electrons. The third-order valence-electron chi connectivity index (χ3n) is 5.91. The quantitative estimate of drug-likeness (QED) is 0.157. The van der Waals surface area contributed by atoms with E-state index in [1.54, 1.807) is 13.8 Å². The van der Waals surface area contributed by atoms with Crippen molar-refractivity contribution in [1.29, 1.82) is 0 Å². The van der Waals surface area contributed by atoms with E-state index in [0.717, 1.165) is 32.1 Å². The maximum absolute atomic E-state index is 12.8. The second-order valence-electron chi connectivity index (χ2n) is 9.26. The smallest absolute Gasteiger partial charge is 0.326 e. The number of carbonyl (C=O) groups is 5. The minimum Gasteiger partial charge on any atom is -0.480 e. The van der Waals surface area contributed by atoms with Crippen LogP contribution in [0, 0.1) is 11.8 Å². The molecule has 1 saturated carbocycles. The number of nitrogens with two attached hydrogens (primary N) is 2. The van der Waals surface area contributed by atoms with E-state index in [4.69, 9.17) is 11.5 Å². The van der Waals surface area contributed by atoms with Crippen LogP contribution >= 0.6 is 0 Å². The van der Waals surface area contributed by atoms with Crippen molar-refractivity contribution in [2.75, 3.05) is 6.61 Å². The molecule has 9 N–H and O–H groups in total. The second-order valence-corrected chi connectivity index (χ2v) is 9.26. The van der Waals surface area contributed by atoms with Crippen LogP contribution in [0.4, 0.5) is 0 Å². The summed E-state index contributed by atoms with van der Waals surface area (Å²) >= 11 is 0. The number of hydrogen-bond donors (Lipinski definition) is 7. The highest BCUT2D eigenvalue weighted by molar-refractivity contribution is 5.94. The highest BCUT2D eigenvalue weighted by atomic mass is 16.4. The molecule has 12 heteroatoms. The van der Waals surface area contributed by atoms with Crippen LogP contribution in [-0.2, 0) is 24.0 Å². The summed E-state index contributed by atoms with van der Waals surface area (Å²) in [6.45, 7) is 2.78. The molecule has 1 fully saturated rings. The normalized spacial score (nSPS) is 17.8. The zero-order valence-electron chi connectivity index (χ0n) is 19.9. The highest BCUT2D eigenvalue weighted by Crippen LogP contribution is 2.25. The number of carboxylic acids is 1. The van der Waals surface area contributed by atoms with E-state index in [1.165, 1.54) is 0 Å². The molecule has 1 aliphatic carbocycles. The Kier molecular flexibility index (Phi) is 12.5. The van der Waals surface area contributed by atoms with Crippen LogP contribution in [0.3, 0.4) is 0 Å². The predicted molar refractivity (Wildman–Crippen MR) is 123 cm³/mol. The van der Waals surface area contributed by atoms with Crippen molar-refractivity contribution in [3.63, 3.8) is 0 Å². The van der Waals surface area contributed by atoms with Crippen molar-refractivity contribution in [3.8, 4) is 0 Å². The van der Waals surface area contributed by atoms with Gasteiger partial charge in [-0.25, -0.2) is 4.79 Å². The molecular formula is C22H39N5O7. The van der Waals surface area contributed by atoms with Crippen molar-refractivity contribution in [3.05, 3.63) is 0 Å². The molecule has 0 saturated heterocycles. The van der Waals surface area contributed by atoms with Crippen LogP contribution in [0.2, 0.25) is 0 Å². The largest absolute Gasteiger partial charge is 0.480 e. The summed E-state index contributed by atoms with van der Waals surface area (Å²) in [6.07, 6.45) is 4.46. The number of carboxylic acid groups (broad SMARTS) is 1. The fourth-order valence-electron chi connectivity index (χ4n) is 3.96. The summed E-state index contributed by atoms with van der Waals surface area (Å²) in [7, 11) is 0. The van der Waals surface area contributed by atoms with Gasteiger partial charge in [0, 0.05) is 6.42 Å². The third kappa shape index (κ3) is 10.0. The highest BCUT2D eigenvalue weighted by Gasteiger charge is 2.32. The monoisotopic (exact) mass is 485 g/mol. The van der Waals surface area contributed by atoms with Crippen LogP contribution in [0.25, 0.3) is 0 Å². The van der Waals surface area contributed by atoms with E-state index in [-0.39, 0.29) is 31.1 Å². The molecule has 194 valence electrons. The molecule has 0 aliphatic heterocycles. The van der Waals surface area contributed by atoms with Gasteiger partial charge < -0.3 is 37.6 Å². The lowest BCUT2D eigenvalue weighted by Crippen LogP contribution is -2.58. The first-order valence-corrected chi connectivity index (χ1v) is 11.7. The standard InChI is InChI=1S/C22H39N5O7/c1-12(2)10-15(22(33)34)26-20(31)16(11-28)27-19(30)14(8-9-17(23)29)25-21(32)18(24)13-6-4-3-5-7-13/h12-16,18,28H,3-11,24H2,1-2H3,(H2,23,29)(H,25,32)(H,26,31)(H,27,30)(H,33,34)/t14-,15-,16-,18?/m0/s1. The van der Waals surface area contributed by atoms with E-state index in [0.29, 0.717) is 0 Å². The van der Waals surface area contributed by atoms with Crippen molar-refractivity contribution in [2.24, 2.45) is 23.3 Å². The van der Waals surface area contributed by atoms with Crippen LogP contribution in [0.1, 0.15) is 65.2 Å². The van der Waals surface area contributed by atoms with E-state index >= 15 is 0 Å². The lowest BCUT2D eigenvalue weighted by atomic mass is 9.84. The minimum absolute atomic E-state index is 0.0153. The number of aliphatic hydroxyl groups is 1. The van der Waals surface area contributed by atoms with Gasteiger partial charge in [0.05, 0.1) is 12.6 Å². The third-order valence-corrected chi connectivity index (χ3v) is 5.91.